The molecule has 0 radical (unpaired) electrons. The van der Waals surface area contributed by atoms with E-state index in [9.17, 15) is 9.59 Å². The molecule has 0 saturated carbocycles. The first-order valence-corrected chi connectivity index (χ1v) is 7.05. The van der Waals surface area contributed by atoms with Crippen molar-refractivity contribution in [3.8, 4) is 0 Å². The van der Waals surface area contributed by atoms with Crippen LogP contribution in [0.25, 0.3) is 0 Å². The zero-order valence-corrected chi connectivity index (χ0v) is 13.5. The summed E-state index contributed by atoms with van der Waals surface area (Å²) in [7, 11) is 3.27. The Bertz CT molecular complexity index is 745. The molecule has 0 aliphatic rings. The lowest BCUT2D eigenvalue weighted by atomic mass is 10.1. The van der Waals surface area contributed by atoms with Crippen LogP contribution in [0.3, 0.4) is 0 Å². The van der Waals surface area contributed by atoms with Crippen molar-refractivity contribution in [3.63, 3.8) is 0 Å². The zero-order chi connectivity index (χ0) is 16.4. The molecule has 2 rings (SSSR count). The molecule has 7 nitrogen and oxygen atoms in total. The van der Waals surface area contributed by atoms with Crippen LogP contribution in [0.1, 0.15) is 47.6 Å². The van der Waals surface area contributed by atoms with Crippen molar-refractivity contribution in [1.82, 2.24) is 19.7 Å². The summed E-state index contributed by atoms with van der Waals surface area (Å²) in [4.78, 5) is 26.2. The lowest BCUT2D eigenvalue weighted by Gasteiger charge is -2.17. The minimum Gasteiger partial charge on any atom is -0.424 e. The molecule has 2 aromatic rings. The van der Waals surface area contributed by atoms with Gasteiger partial charge >= 0.3 is 0 Å². The summed E-state index contributed by atoms with van der Waals surface area (Å²) in [5, 5.41) is 7.56. The first kappa shape index (κ1) is 15.9. The molecule has 0 bridgehead atoms. The monoisotopic (exact) mass is 304 g/mol. The van der Waals surface area contributed by atoms with Gasteiger partial charge in [-0.25, -0.2) is 0 Å². The van der Waals surface area contributed by atoms with E-state index in [0.29, 0.717) is 11.8 Å². The van der Waals surface area contributed by atoms with Crippen LogP contribution in [0.2, 0.25) is 0 Å². The van der Waals surface area contributed by atoms with Crippen molar-refractivity contribution in [1.29, 1.82) is 0 Å². The molecule has 0 spiro atoms. The molecular formula is C15H20N4O3. The second-order valence-electron chi connectivity index (χ2n) is 5.57. The molecule has 118 valence electrons. The van der Waals surface area contributed by atoms with Crippen LogP contribution in [0.5, 0.6) is 0 Å². The Hall–Kier alpha value is -2.44. The summed E-state index contributed by atoms with van der Waals surface area (Å²) >= 11 is 0. The lowest BCUT2D eigenvalue weighted by molar-refractivity contribution is 0.0770. The van der Waals surface area contributed by atoms with Crippen molar-refractivity contribution in [2.75, 3.05) is 7.05 Å². The number of aryl methyl sites for hydroxylation is 1. The molecule has 0 unspecified atom stereocenters. The number of pyridine rings is 1. The highest BCUT2D eigenvalue weighted by Gasteiger charge is 2.19. The number of amides is 1. The highest BCUT2D eigenvalue weighted by molar-refractivity contribution is 5.93. The standard InChI is InChI=1S/C15H20N4O3/c1-9(2)12-7-6-11(15(21)19(12)5)14(20)18(4)8-13-17-16-10(3)22-13/h6-7,9H,8H2,1-5H3. The molecule has 0 N–H and O–H groups in total. The molecule has 22 heavy (non-hydrogen) atoms. The molecule has 1 amide bonds. The van der Waals surface area contributed by atoms with Crippen LogP contribution in [0.4, 0.5) is 0 Å². The number of hydrogen-bond donors (Lipinski definition) is 0. The molecule has 0 fully saturated rings. The summed E-state index contributed by atoms with van der Waals surface area (Å²) in [5.74, 6) is 0.615. The Kier molecular flexibility index (Phi) is 4.44. The SMILES string of the molecule is Cc1nnc(CN(C)C(=O)c2ccc(C(C)C)n(C)c2=O)o1. The van der Waals surface area contributed by atoms with Gasteiger partial charge in [-0.05, 0) is 18.1 Å². The van der Waals surface area contributed by atoms with Crippen LogP contribution in [-0.4, -0.2) is 32.6 Å². The van der Waals surface area contributed by atoms with Crippen molar-refractivity contribution >= 4 is 5.91 Å². The van der Waals surface area contributed by atoms with Crippen LogP contribution in [0, 0.1) is 6.92 Å². The molecule has 0 atom stereocenters. The molecule has 0 aliphatic heterocycles. The van der Waals surface area contributed by atoms with E-state index in [2.05, 4.69) is 10.2 Å². The van der Waals surface area contributed by atoms with Gasteiger partial charge in [0.05, 0.1) is 6.54 Å². The summed E-state index contributed by atoms with van der Waals surface area (Å²) in [6, 6.07) is 3.39. The number of nitrogens with zero attached hydrogens (tertiary/aromatic N) is 4. The van der Waals surface area contributed by atoms with Crippen LogP contribution in [-0.2, 0) is 13.6 Å². The van der Waals surface area contributed by atoms with Gasteiger partial charge in [-0.15, -0.1) is 10.2 Å². The van der Waals surface area contributed by atoms with E-state index < -0.39 is 0 Å². The maximum absolute atomic E-state index is 12.4. The third kappa shape index (κ3) is 3.08. The maximum Gasteiger partial charge on any atom is 0.263 e. The minimum absolute atomic E-state index is 0.130. The normalized spacial score (nSPS) is 11.0. The highest BCUT2D eigenvalue weighted by Crippen LogP contribution is 2.13. The fraction of sp³-hybridized carbons (Fsp3) is 0.467. The molecule has 0 aromatic carbocycles. The van der Waals surface area contributed by atoms with Gasteiger partial charge in [0.15, 0.2) is 0 Å². The van der Waals surface area contributed by atoms with Crippen LogP contribution in [0.15, 0.2) is 21.3 Å². The van der Waals surface area contributed by atoms with E-state index in [1.54, 1.807) is 27.1 Å². The summed E-state index contributed by atoms with van der Waals surface area (Å²) < 4.78 is 6.76. The predicted molar refractivity (Wildman–Crippen MR) is 80.6 cm³/mol. The number of aromatic nitrogens is 3. The van der Waals surface area contributed by atoms with Crippen LogP contribution >= 0.6 is 0 Å². The number of carbonyl (C=O) groups excluding carboxylic acids is 1. The fourth-order valence-corrected chi connectivity index (χ4v) is 2.27. The second kappa shape index (κ2) is 6.13. The smallest absolute Gasteiger partial charge is 0.263 e. The third-order valence-electron chi connectivity index (χ3n) is 3.45. The molecular weight excluding hydrogens is 284 g/mol. The van der Waals surface area contributed by atoms with Gasteiger partial charge in [0.25, 0.3) is 11.5 Å². The van der Waals surface area contributed by atoms with E-state index >= 15 is 0 Å². The van der Waals surface area contributed by atoms with Crippen molar-refractivity contribution in [3.05, 3.63) is 45.5 Å². The summed E-state index contributed by atoms with van der Waals surface area (Å²) in [6.45, 7) is 5.84. The lowest BCUT2D eigenvalue weighted by Crippen LogP contribution is -2.34. The van der Waals surface area contributed by atoms with Gasteiger partial charge in [-0.2, -0.15) is 0 Å². The largest absolute Gasteiger partial charge is 0.424 e. The topological polar surface area (TPSA) is 81.2 Å². The maximum atomic E-state index is 12.4. The van der Waals surface area contributed by atoms with Gasteiger partial charge in [-0.1, -0.05) is 13.8 Å². The zero-order valence-electron chi connectivity index (χ0n) is 13.5. The van der Waals surface area contributed by atoms with Crippen molar-refractivity contribution < 1.29 is 9.21 Å². The van der Waals surface area contributed by atoms with Gasteiger partial charge < -0.3 is 13.9 Å². The Morgan fingerprint density at radius 2 is 2.05 bits per heavy atom. The Labute approximate surface area is 128 Å². The first-order chi connectivity index (χ1) is 10.3. The highest BCUT2D eigenvalue weighted by atomic mass is 16.4. The second-order valence-corrected chi connectivity index (χ2v) is 5.57. The van der Waals surface area contributed by atoms with Crippen molar-refractivity contribution in [2.45, 2.75) is 33.2 Å². The van der Waals surface area contributed by atoms with Gasteiger partial charge in [0, 0.05) is 26.7 Å². The summed E-state index contributed by atoms with van der Waals surface area (Å²) in [5.41, 5.74) is 0.715. The molecule has 0 saturated heterocycles. The van der Waals surface area contributed by atoms with E-state index in [1.165, 1.54) is 9.47 Å². The minimum atomic E-state index is -0.369. The molecule has 2 heterocycles. The molecule has 7 heteroatoms. The van der Waals surface area contributed by atoms with Gasteiger partial charge in [0.1, 0.15) is 5.56 Å². The third-order valence-corrected chi connectivity index (χ3v) is 3.45. The molecule has 0 aliphatic carbocycles. The Balaban J connectivity index is 2.26. The first-order valence-electron chi connectivity index (χ1n) is 7.05. The Morgan fingerprint density at radius 1 is 1.36 bits per heavy atom. The summed E-state index contributed by atoms with van der Waals surface area (Å²) in [6.07, 6.45) is 0. The van der Waals surface area contributed by atoms with Gasteiger partial charge in [0.2, 0.25) is 11.8 Å². The average molecular weight is 304 g/mol. The van der Waals surface area contributed by atoms with E-state index in [0.717, 1.165) is 5.69 Å². The Morgan fingerprint density at radius 3 is 2.59 bits per heavy atom. The quantitative estimate of drug-likeness (QED) is 0.854. The number of hydrogen-bond acceptors (Lipinski definition) is 5. The van der Waals surface area contributed by atoms with E-state index in [-0.39, 0.29) is 29.5 Å². The fourth-order valence-electron chi connectivity index (χ4n) is 2.27. The number of rotatable bonds is 4. The predicted octanol–water partition coefficient (Wildman–Crippen LogP) is 1.47. The molecule has 2 aromatic heterocycles. The van der Waals surface area contributed by atoms with E-state index in [4.69, 9.17) is 4.42 Å². The van der Waals surface area contributed by atoms with Gasteiger partial charge in [-0.3, -0.25) is 9.59 Å². The average Bonchev–Trinajstić information content (AvgIpc) is 2.85. The van der Waals surface area contributed by atoms with E-state index in [1.807, 2.05) is 19.9 Å². The van der Waals surface area contributed by atoms with Crippen LogP contribution < -0.4 is 5.56 Å². The van der Waals surface area contributed by atoms with Crippen molar-refractivity contribution in [2.24, 2.45) is 7.05 Å². The number of carbonyl (C=O) groups is 1.